The third kappa shape index (κ3) is 3.03. The standard InChI is InChI=1S/C13H9ClF2N2O2/c14-10-2-1-3-13(18(19)20)9(10)7-17-12-6-8(15)4-5-11(12)16/h1-6,17H,7H2. The Balaban J connectivity index is 2.27. The van der Waals surface area contributed by atoms with E-state index in [1.807, 2.05) is 0 Å². The second-order valence-electron chi connectivity index (χ2n) is 3.97. The van der Waals surface area contributed by atoms with Crippen LogP contribution < -0.4 is 5.32 Å². The molecule has 2 aromatic rings. The van der Waals surface area contributed by atoms with Gasteiger partial charge in [-0.2, -0.15) is 0 Å². The van der Waals surface area contributed by atoms with Gasteiger partial charge in [-0.05, 0) is 24.3 Å². The molecule has 20 heavy (non-hydrogen) atoms. The Labute approximate surface area is 118 Å². The molecule has 7 heteroatoms. The van der Waals surface area contributed by atoms with E-state index in [2.05, 4.69) is 5.32 Å². The molecule has 0 atom stereocenters. The summed E-state index contributed by atoms with van der Waals surface area (Å²) >= 11 is 5.90. The number of hydrogen-bond acceptors (Lipinski definition) is 3. The monoisotopic (exact) mass is 298 g/mol. The zero-order chi connectivity index (χ0) is 14.7. The van der Waals surface area contributed by atoms with Crippen molar-refractivity contribution in [2.45, 2.75) is 6.54 Å². The lowest BCUT2D eigenvalue weighted by Crippen LogP contribution is -2.05. The smallest absolute Gasteiger partial charge is 0.275 e. The Morgan fingerprint density at radius 3 is 2.70 bits per heavy atom. The van der Waals surface area contributed by atoms with Crippen molar-refractivity contribution in [1.82, 2.24) is 0 Å². The number of anilines is 1. The van der Waals surface area contributed by atoms with Crippen LogP contribution in [0.15, 0.2) is 36.4 Å². The van der Waals surface area contributed by atoms with Gasteiger partial charge in [0.15, 0.2) is 0 Å². The van der Waals surface area contributed by atoms with Gasteiger partial charge in [0.25, 0.3) is 5.69 Å². The van der Waals surface area contributed by atoms with Gasteiger partial charge in [-0.25, -0.2) is 8.78 Å². The van der Waals surface area contributed by atoms with Crippen molar-refractivity contribution in [3.05, 3.63) is 68.7 Å². The minimum atomic E-state index is -0.652. The fourth-order valence-corrected chi connectivity index (χ4v) is 1.95. The summed E-state index contributed by atoms with van der Waals surface area (Å²) in [4.78, 5) is 10.3. The highest BCUT2D eigenvalue weighted by Crippen LogP contribution is 2.27. The van der Waals surface area contributed by atoms with Crippen LogP contribution >= 0.6 is 11.6 Å². The van der Waals surface area contributed by atoms with E-state index in [-0.39, 0.29) is 28.5 Å². The van der Waals surface area contributed by atoms with Crippen molar-refractivity contribution < 1.29 is 13.7 Å². The molecular formula is C13H9ClF2N2O2. The summed E-state index contributed by atoms with van der Waals surface area (Å²) in [6, 6.07) is 7.17. The predicted octanol–water partition coefficient (Wildman–Crippen LogP) is 4.14. The summed E-state index contributed by atoms with van der Waals surface area (Å²) in [5, 5.41) is 13.7. The number of halogens is 3. The zero-order valence-corrected chi connectivity index (χ0v) is 10.8. The van der Waals surface area contributed by atoms with Crippen molar-refractivity contribution in [3.63, 3.8) is 0 Å². The molecule has 0 heterocycles. The van der Waals surface area contributed by atoms with E-state index < -0.39 is 16.6 Å². The fourth-order valence-electron chi connectivity index (χ4n) is 1.71. The topological polar surface area (TPSA) is 55.2 Å². The average Bonchev–Trinajstić information content (AvgIpc) is 2.40. The maximum absolute atomic E-state index is 13.4. The predicted molar refractivity (Wildman–Crippen MR) is 71.8 cm³/mol. The van der Waals surface area contributed by atoms with E-state index in [4.69, 9.17) is 11.6 Å². The van der Waals surface area contributed by atoms with Crippen LogP contribution in [0.5, 0.6) is 0 Å². The van der Waals surface area contributed by atoms with Crippen LogP contribution in [0.3, 0.4) is 0 Å². The largest absolute Gasteiger partial charge is 0.378 e. The van der Waals surface area contributed by atoms with Gasteiger partial charge in [-0.15, -0.1) is 0 Å². The van der Waals surface area contributed by atoms with E-state index in [9.17, 15) is 18.9 Å². The molecule has 1 N–H and O–H groups in total. The highest BCUT2D eigenvalue weighted by atomic mass is 35.5. The molecule has 0 amide bonds. The minimum Gasteiger partial charge on any atom is -0.378 e. The Hall–Kier alpha value is -2.21. The van der Waals surface area contributed by atoms with E-state index >= 15 is 0 Å². The van der Waals surface area contributed by atoms with Gasteiger partial charge >= 0.3 is 0 Å². The number of nitrogens with zero attached hydrogens (tertiary/aromatic N) is 1. The molecule has 2 aromatic carbocycles. The fraction of sp³-hybridized carbons (Fsp3) is 0.0769. The molecule has 0 saturated carbocycles. The number of rotatable bonds is 4. The van der Waals surface area contributed by atoms with Crippen LogP contribution in [0.4, 0.5) is 20.2 Å². The summed E-state index contributed by atoms with van der Waals surface area (Å²) in [6.07, 6.45) is 0. The van der Waals surface area contributed by atoms with Crippen molar-refractivity contribution in [2.24, 2.45) is 0 Å². The lowest BCUT2D eigenvalue weighted by Gasteiger charge is -2.09. The number of benzene rings is 2. The number of nitrogens with one attached hydrogen (secondary N) is 1. The summed E-state index contributed by atoms with van der Waals surface area (Å²) in [5.41, 5.74) is -0.0520. The summed E-state index contributed by atoms with van der Waals surface area (Å²) < 4.78 is 26.5. The molecule has 4 nitrogen and oxygen atoms in total. The maximum Gasteiger partial charge on any atom is 0.275 e. The Bertz CT molecular complexity index is 665. The quantitative estimate of drug-likeness (QED) is 0.682. The zero-order valence-electron chi connectivity index (χ0n) is 10.1. The molecule has 0 spiro atoms. The van der Waals surface area contributed by atoms with Gasteiger partial charge in [0, 0.05) is 12.6 Å². The van der Waals surface area contributed by atoms with Crippen LogP contribution in [0.1, 0.15) is 5.56 Å². The molecule has 0 saturated heterocycles. The lowest BCUT2D eigenvalue weighted by atomic mass is 10.1. The van der Waals surface area contributed by atoms with Gasteiger partial charge in [0.05, 0.1) is 21.2 Å². The Kier molecular flexibility index (Phi) is 4.14. The van der Waals surface area contributed by atoms with Crippen LogP contribution in [-0.4, -0.2) is 4.92 Å². The molecule has 0 radical (unpaired) electrons. The van der Waals surface area contributed by atoms with Crippen LogP contribution in [0, 0.1) is 21.7 Å². The molecule has 0 aromatic heterocycles. The van der Waals surface area contributed by atoms with Gasteiger partial charge < -0.3 is 5.32 Å². The lowest BCUT2D eigenvalue weighted by molar-refractivity contribution is -0.385. The van der Waals surface area contributed by atoms with E-state index in [1.54, 1.807) is 0 Å². The molecule has 0 bridgehead atoms. The first-order valence-corrected chi connectivity index (χ1v) is 5.97. The molecule has 0 aliphatic heterocycles. The highest BCUT2D eigenvalue weighted by Gasteiger charge is 2.16. The summed E-state index contributed by atoms with van der Waals surface area (Å²) in [6.45, 7) is -0.0869. The Morgan fingerprint density at radius 1 is 1.25 bits per heavy atom. The molecular weight excluding hydrogens is 290 g/mol. The SMILES string of the molecule is O=[N+]([O-])c1cccc(Cl)c1CNc1cc(F)ccc1F. The van der Waals surface area contributed by atoms with E-state index in [1.165, 1.54) is 18.2 Å². The van der Waals surface area contributed by atoms with E-state index in [0.717, 1.165) is 18.2 Å². The van der Waals surface area contributed by atoms with Crippen molar-refractivity contribution in [1.29, 1.82) is 0 Å². The maximum atomic E-state index is 13.4. The summed E-state index contributed by atoms with van der Waals surface area (Å²) in [5.74, 6) is -1.26. The summed E-state index contributed by atoms with van der Waals surface area (Å²) in [7, 11) is 0. The van der Waals surface area contributed by atoms with Gasteiger partial charge in [0.2, 0.25) is 0 Å². The second kappa shape index (κ2) is 5.83. The highest BCUT2D eigenvalue weighted by molar-refractivity contribution is 6.31. The molecule has 2 rings (SSSR count). The third-order valence-corrected chi connectivity index (χ3v) is 3.03. The van der Waals surface area contributed by atoms with Crippen molar-refractivity contribution in [3.8, 4) is 0 Å². The molecule has 0 aliphatic rings. The molecule has 0 fully saturated rings. The number of nitro groups is 1. The minimum absolute atomic E-state index is 0.0841. The third-order valence-electron chi connectivity index (χ3n) is 2.67. The molecule has 0 aliphatic carbocycles. The average molecular weight is 299 g/mol. The van der Waals surface area contributed by atoms with E-state index in [0.29, 0.717) is 0 Å². The first-order chi connectivity index (χ1) is 9.49. The van der Waals surface area contributed by atoms with Crippen LogP contribution in [0.25, 0.3) is 0 Å². The first-order valence-electron chi connectivity index (χ1n) is 5.59. The van der Waals surface area contributed by atoms with Crippen LogP contribution in [0.2, 0.25) is 5.02 Å². The van der Waals surface area contributed by atoms with Crippen molar-refractivity contribution >= 4 is 23.0 Å². The number of hydrogen-bond donors (Lipinski definition) is 1. The first kappa shape index (κ1) is 14.2. The van der Waals surface area contributed by atoms with Crippen LogP contribution in [-0.2, 0) is 6.54 Å². The Morgan fingerprint density at radius 2 is 2.00 bits per heavy atom. The van der Waals surface area contributed by atoms with Crippen molar-refractivity contribution in [2.75, 3.05) is 5.32 Å². The molecule has 0 unspecified atom stereocenters. The molecule has 104 valence electrons. The normalized spacial score (nSPS) is 10.3. The second-order valence-corrected chi connectivity index (χ2v) is 4.38. The number of nitro benzene ring substituents is 1. The van der Waals surface area contributed by atoms with Gasteiger partial charge in [0.1, 0.15) is 11.6 Å². The van der Waals surface area contributed by atoms with Gasteiger partial charge in [-0.3, -0.25) is 10.1 Å². The van der Waals surface area contributed by atoms with Gasteiger partial charge in [-0.1, -0.05) is 17.7 Å².